The van der Waals surface area contributed by atoms with Crippen LogP contribution in [0.2, 0.25) is 0 Å². The van der Waals surface area contributed by atoms with Crippen molar-refractivity contribution in [1.82, 2.24) is 30.4 Å². The van der Waals surface area contributed by atoms with E-state index in [0.29, 0.717) is 17.8 Å². The van der Waals surface area contributed by atoms with Gasteiger partial charge in [0.2, 0.25) is 0 Å². The van der Waals surface area contributed by atoms with Crippen LogP contribution in [0.3, 0.4) is 0 Å². The van der Waals surface area contributed by atoms with Crippen LogP contribution in [0.15, 0.2) is 60.9 Å². The van der Waals surface area contributed by atoms with E-state index >= 15 is 0 Å². The molecule has 1 aliphatic rings. The molecule has 3 aromatic rings. The number of nitrogens with zero attached hydrogens (tertiary/aromatic N) is 6. The Bertz CT molecular complexity index is 921. The van der Waals surface area contributed by atoms with Crippen molar-refractivity contribution < 1.29 is 4.79 Å². The van der Waals surface area contributed by atoms with Crippen LogP contribution < -0.4 is 10.2 Å². The molecule has 1 amide bonds. The molecule has 1 saturated heterocycles. The summed E-state index contributed by atoms with van der Waals surface area (Å²) in [5.74, 6) is -0.120. The number of amides is 1. The number of rotatable bonds is 6. The molecule has 2 aromatic carbocycles. The monoisotopic (exact) mass is 391 g/mol. The summed E-state index contributed by atoms with van der Waals surface area (Å²) in [7, 11) is 0. The van der Waals surface area contributed by atoms with E-state index in [2.05, 4.69) is 61.8 Å². The summed E-state index contributed by atoms with van der Waals surface area (Å²) < 4.78 is 1.50. The number of carbonyl (C=O) groups excluding carboxylic acids is 1. The van der Waals surface area contributed by atoms with Gasteiger partial charge in [-0.2, -0.15) is 4.68 Å². The van der Waals surface area contributed by atoms with Gasteiger partial charge in [-0.1, -0.05) is 30.3 Å². The Hall–Kier alpha value is -3.26. The van der Waals surface area contributed by atoms with Crippen molar-refractivity contribution >= 4 is 11.6 Å². The lowest BCUT2D eigenvalue weighted by Gasteiger charge is -2.39. The molecule has 2 heterocycles. The fourth-order valence-corrected chi connectivity index (χ4v) is 3.66. The van der Waals surface area contributed by atoms with Crippen molar-refractivity contribution in [2.75, 3.05) is 37.6 Å². The minimum absolute atomic E-state index is 0.120. The number of benzene rings is 2. The van der Waals surface area contributed by atoms with Gasteiger partial charge < -0.3 is 10.2 Å². The Morgan fingerprint density at radius 1 is 1.03 bits per heavy atom. The van der Waals surface area contributed by atoms with E-state index in [9.17, 15) is 4.79 Å². The van der Waals surface area contributed by atoms with Crippen LogP contribution in [-0.2, 0) is 0 Å². The van der Waals surface area contributed by atoms with Crippen LogP contribution in [0.25, 0.3) is 5.69 Å². The normalized spacial score (nSPS) is 15.8. The van der Waals surface area contributed by atoms with Gasteiger partial charge in [0.15, 0.2) is 0 Å². The van der Waals surface area contributed by atoms with Crippen molar-refractivity contribution in [1.29, 1.82) is 0 Å². The number of carbonyl (C=O) groups is 1. The Morgan fingerprint density at radius 3 is 2.48 bits per heavy atom. The number of hydrogen-bond acceptors (Lipinski definition) is 6. The first-order valence-electron chi connectivity index (χ1n) is 9.87. The summed E-state index contributed by atoms with van der Waals surface area (Å²) >= 11 is 0. The predicted octanol–water partition coefficient (Wildman–Crippen LogP) is 1.60. The maximum absolute atomic E-state index is 12.8. The van der Waals surface area contributed by atoms with E-state index in [1.807, 2.05) is 24.3 Å². The molecular formula is C21H25N7O. The highest BCUT2D eigenvalue weighted by atomic mass is 16.1. The zero-order valence-corrected chi connectivity index (χ0v) is 16.5. The summed E-state index contributed by atoms with van der Waals surface area (Å²) in [6.07, 6.45) is 1.49. The number of hydrogen-bond donors (Lipinski definition) is 1. The summed E-state index contributed by atoms with van der Waals surface area (Å²) in [6.45, 7) is 6.69. The number of nitrogens with one attached hydrogen (secondary N) is 1. The molecule has 4 rings (SSSR count). The quantitative estimate of drug-likeness (QED) is 0.688. The highest BCUT2D eigenvalue weighted by molar-refractivity contribution is 5.97. The number of aromatic nitrogens is 4. The maximum Gasteiger partial charge on any atom is 0.253 e. The van der Waals surface area contributed by atoms with Crippen LogP contribution >= 0.6 is 0 Å². The molecule has 150 valence electrons. The van der Waals surface area contributed by atoms with Gasteiger partial charge in [-0.3, -0.25) is 9.69 Å². The Balaban J connectivity index is 1.32. The minimum atomic E-state index is -0.120. The molecule has 1 unspecified atom stereocenters. The number of piperazine rings is 1. The highest BCUT2D eigenvalue weighted by Crippen LogP contribution is 2.17. The summed E-state index contributed by atoms with van der Waals surface area (Å²) in [4.78, 5) is 17.6. The molecule has 1 aliphatic heterocycles. The lowest BCUT2D eigenvalue weighted by molar-refractivity contribution is 0.0934. The average molecular weight is 391 g/mol. The van der Waals surface area contributed by atoms with E-state index < -0.39 is 0 Å². The van der Waals surface area contributed by atoms with Gasteiger partial charge in [0.1, 0.15) is 6.33 Å². The third-order valence-corrected chi connectivity index (χ3v) is 5.36. The molecule has 1 N–H and O–H groups in total. The summed E-state index contributed by atoms with van der Waals surface area (Å²) in [5.41, 5.74) is 2.49. The highest BCUT2D eigenvalue weighted by Gasteiger charge is 2.22. The minimum Gasteiger partial charge on any atom is -0.369 e. The van der Waals surface area contributed by atoms with Crippen LogP contribution in [0.5, 0.6) is 0 Å². The molecule has 1 aromatic heterocycles. The first-order valence-corrected chi connectivity index (χ1v) is 9.87. The van der Waals surface area contributed by atoms with Gasteiger partial charge in [-0.05, 0) is 41.6 Å². The van der Waals surface area contributed by atoms with Crippen molar-refractivity contribution in [2.24, 2.45) is 0 Å². The summed E-state index contributed by atoms with van der Waals surface area (Å²) in [5, 5.41) is 14.3. The smallest absolute Gasteiger partial charge is 0.253 e. The molecule has 8 nitrogen and oxygen atoms in total. The molecule has 0 aliphatic carbocycles. The van der Waals surface area contributed by atoms with E-state index in [0.717, 1.165) is 26.2 Å². The van der Waals surface area contributed by atoms with Crippen LogP contribution in [0, 0.1) is 0 Å². The fourth-order valence-electron chi connectivity index (χ4n) is 3.66. The zero-order chi connectivity index (χ0) is 20.1. The standard InChI is InChI=1S/C21H25N7O/c1-17(26-11-13-27(14-12-26)18-7-3-2-4-8-18)15-22-21(29)19-9-5-6-10-20(19)28-16-23-24-25-28/h2-10,16-17H,11-15H2,1H3,(H,22,29). The van der Waals surface area contributed by atoms with E-state index in [-0.39, 0.29) is 11.9 Å². The molecule has 0 radical (unpaired) electrons. The van der Waals surface area contributed by atoms with Gasteiger partial charge in [0, 0.05) is 44.5 Å². The zero-order valence-electron chi connectivity index (χ0n) is 16.5. The number of tetrazole rings is 1. The topological polar surface area (TPSA) is 79.2 Å². The largest absolute Gasteiger partial charge is 0.369 e. The van der Waals surface area contributed by atoms with E-state index in [1.165, 1.54) is 16.7 Å². The second kappa shape index (κ2) is 8.83. The van der Waals surface area contributed by atoms with Crippen molar-refractivity contribution in [2.45, 2.75) is 13.0 Å². The van der Waals surface area contributed by atoms with E-state index in [1.54, 1.807) is 6.07 Å². The third kappa shape index (κ3) is 4.43. The van der Waals surface area contributed by atoms with Crippen molar-refractivity contribution in [3.63, 3.8) is 0 Å². The first-order chi connectivity index (χ1) is 14.2. The number of para-hydroxylation sites is 2. The molecule has 1 fully saturated rings. The molecule has 29 heavy (non-hydrogen) atoms. The lowest BCUT2D eigenvalue weighted by Crippen LogP contribution is -2.52. The lowest BCUT2D eigenvalue weighted by atomic mass is 10.1. The Morgan fingerprint density at radius 2 is 1.76 bits per heavy atom. The molecule has 8 heteroatoms. The first kappa shape index (κ1) is 19.1. The van der Waals surface area contributed by atoms with Crippen molar-refractivity contribution in [3.8, 4) is 5.69 Å². The fraction of sp³-hybridized carbons (Fsp3) is 0.333. The molecule has 0 bridgehead atoms. The Kier molecular flexibility index (Phi) is 5.81. The van der Waals surface area contributed by atoms with Crippen LogP contribution in [0.1, 0.15) is 17.3 Å². The van der Waals surface area contributed by atoms with Gasteiger partial charge in [-0.15, -0.1) is 5.10 Å². The van der Waals surface area contributed by atoms with Gasteiger partial charge in [-0.25, -0.2) is 0 Å². The van der Waals surface area contributed by atoms with Crippen LogP contribution in [-0.4, -0.2) is 69.8 Å². The third-order valence-electron chi connectivity index (χ3n) is 5.36. The Labute approximate surface area is 170 Å². The SMILES string of the molecule is CC(CNC(=O)c1ccccc1-n1cnnn1)N1CCN(c2ccccc2)CC1. The molecule has 1 atom stereocenters. The van der Waals surface area contributed by atoms with Crippen molar-refractivity contribution in [3.05, 3.63) is 66.5 Å². The van der Waals surface area contributed by atoms with E-state index in [4.69, 9.17) is 0 Å². The second-order valence-corrected chi connectivity index (χ2v) is 7.19. The average Bonchev–Trinajstić information content (AvgIpc) is 3.33. The van der Waals surface area contributed by atoms with Gasteiger partial charge in [0.05, 0.1) is 11.3 Å². The summed E-state index contributed by atoms with van der Waals surface area (Å²) in [6, 6.07) is 18.1. The molecule has 0 spiro atoms. The number of anilines is 1. The van der Waals surface area contributed by atoms with Gasteiger partial charge >= 0.3 is 0 Å². The van der Waals surface area contributed by atoms with Crippen LogP contribution in [0.4, 0.5) is 5.69 Å². The predicted molar refractivity (Wildman–Crippen MR) is 111 cm³/mol. The second-order valence-electron chi connectivity index (χ2n) is 7.19. The maximum atomic E-state index is 12.8. The van der Waals surface area contributed by atoms with Gasteiger partial charge in [0.25, 0.3) is 5.91 Å². The molecular weight excluding hydrogens is 366 g/mol. The molecule has 0 saturated carbocycles.